The topological polar surface area (TPSA) is 60.0 Å². The van der Waals surface area contributed by atoms with Gasteiger partial charge in [-0.2, -0.15) is 5.10 Å². The Morgan fingerprint density at radius 2 is 1.69 bits per heavy atom. The first-order valence-electron chi connectivity index (χ1n) is 9.99. The second-order valence-electron chi connectivity index (χ2n) is 6.99. The third-order valence-corrected chi connectivity index (χ3v) is 4.86. The van der Waals surface area contributed by atoms with Gasteiger partial charge in [0, 0.05) is 18.0 Å². The molecule has 0 fully saturated rings. The highest BCUT2D eigenvalue weighted by molar-refractivity contribution is 5.77. The number of aryl methyl sites for hydroxylation is 2. The van der Waals surface area contributed by atoms with Crippen LogP contribution in [0.5, 0.6) is 5.75 Å². The fraction of sp³-hybridized carbons (Fsp3) is 0.250. The Balaban J connectivity index is 1.17. The van der Waals surface area contributed by atoms with Crippen LogP contribution in [0.4, 0.5) is 0 Å². The molecule has 2 aromatic carbocycles. The molecular weight excluding hydrogens is 362 g/mol. The van der Waals surface area contributed by atoms with Crippen LogP contribution in [0.3, 0.4) is 0 Å². The van der Waals surface area contributed by atoms with Gasteiger partial charge in [0.25, 0.3) is 0 Å². The zero-order valence-corrected chi connectivity index (χ0v) is 16.4. The molecule has 0 aliphatic heterocycles. The van der Waals surface area contributed by atoms with Crippen LogP contribution in [0.1, 0.15) is 23.1 Å². The summed E-state index contributed by atoms with van der Waals surface area (Å²) >= 11 is 0. The van der Waals surface area contributed by atoms with E-state index in [2.05, 4.69) is 45.5 Å². The van der Waals surface area contributed by atoms with E-state index in [0.29, 0.717) is 19.8 Å². The van der Waals surface area contributed by atoms with Gasteiger partial charge < -0.3 is 9.47 Å². The fourth-order valence-electron chi connectivity index (χ4n) is 3.27. The summed E-state index contributed by atoms with van der Waals surface area (Å²) < 4.78 is 11.5. The largest absolute Gasteiger partial charge is 0.494 e. The van der Waals surface area contributed by atoms with Crippen LogP contribution in [0.2, 0.25) is 0 Å². The second-order valence-corrected chi connectivity index (χ2v) is 6.99. The zero-order chi connectivity index (χ0) is 19.7. The molecule has 2 aromatic heterocycles. The van der Waals surface area contributed by atoms with Gasteiger partial charge in [-0.05, 0) is 47.7 Å². The van der Waals surface area contributed by atoms with Crippen molar-refractivity contribution in [2.24, 2.45) is 0 Å². The SMILES string of the molecule is c1ccc(COCCCOc2ccc(CCc3ccnc4[nH]ncc34)cc2)cc1. The summed E-state index contributed by atoms with van der Waals surface area (Å²) in [4.78, 5) is 4.29. The van der Waals surface area contributed by atoms with Crippen molar-refractivity contribution in [2.75, 3.05) is 13.2 Å². The maximum atomic E-state index is 5.82. The molecule has 0 bridgehead atoms. The Hall–Kier alpha value is -3.18. The average molecular weight is 387 g/mol. The van der Waals surface area contributed by atoms with Crippen molar-refractivity contribution in [2.45, 2.75) is 25.9 Å². The van der Waals surface area contributed by atoms with Gasteiger partial charge in [-0.3, -0.25) is 5.10 Å². The van der Waals surface area contributed by atoms with Crippen LogP contribution in [0.15, 0.2) is 73.1 Å². The maximum absolute atomic E-state index is 5.82. The molecule has 4 rings (SSSR count). The molecule has 5 heteroatoms. The summed E-state index contributed by atoms with van der Waals surface area (Å²) in [5, 5.41) is 8.10. The standard InChI is InChI=1S/C24H25N3O2/c1-2-5-20(6-3-1)18-28-15-4-16-29-22-11-8-19(9-12-22)7-10-21-13-14-25-24-23(21)17-26-27-24/h1-3,5-6,8-9,11-14,17H,4,7,10,15-16,18H2,(H,25,26,27). The Bertz CT molecular complexity index is 1010. The number of pyridine rings is 1. The van der Waals surface area contributed by atoms with E-state index in [9.17, 15) is 0 Å². The minimum Gasteiger partial charge on any atom is -0.494 e. The molecule has 4 aromatic rings. The highest BCUT2D eigenvalue weighted by atomic mass is 16.5. The summed E-state index contributed by atoms with van der Waals surface area (Å²) in [5.41, 5.74) is 4.60. The number of hydrogen-bond acceptors (Lipinski definition) is 4. The predicted octanol–water partition coefficient (Wildman–Crippen LogP) is 4.73. The lowest BCUT2D eigenvalue weighted by atomic mass is 10.0. The fourth-order valence-corrected chi connectivity index (χ4v) is 3.27. The lowest BCUT2D eigenvalue weighted by Gasteiger charge is -2.08. The van der Waals surface area contributed by atoms with Crippen LogP contribution >= 0.6 is 0 Å². The van der Waals surface area contributed by atoms with E-state index in [1.807, 2.05) is 42.7 Å². The Labute approximate surface area is 170 Å². The van der Waals surface area contributed by atoms with Crippen molar-refractivity contribution in [1.29, 1.82) is 0 Å². The number of aromatic nitrogens is 3. The lowest BCUT2D eigenvalue weighted by Crippen LogP contribution is -2.03. The molecule has 148 valence electrons. The lowest BCUT2D eigenvalue weighted by molar-refractivity contribution is 0.107. The van der Waals surface area contributed by atoms with Crippen molar-refractivity contribution < 1.29 is 9.47 Å². The average Bonchev–Trinajstić information content (AvgIpc) is 3.26. The van der Waals surface area contributed by atoms with Crippen LogP contribution in [-0.4, -0.2) is 28.4 Å². The monoisotopic (exact) mass is 387 g/mol. The van der Waals surface area contributed by atoms with Gasteiger partial charge in [0.1, 0.15) is 5.75 Å². The Morgan fingerprint density at radius 1 is 0.828 bits per heavy atom. The van der Waals surface area contributed by atoms with E-state index in [-0.39, 0.29) is 0 Å². The molecule has 0 aliphatic rings. The molecule has 0 spiro atoms. The van der Waals surface area contributed by atoms with Gasteiger partial charge in [-0.1, -0.05) is 42.5 Å². The van der Waals surface area contributed by atoms with Crippen molar-refractivity contribution in [1.82, 2.24) is 15.2 Å². The first kappa shape index (κ1) is 19.2. The maximum Gasteiger partial charge on any atom is 0.155 e. The molecule has 0 radical (unpaired) electrons. The third kappa shape index (κ3) is 5.42. The minimum absolute atomic E-state index is 0.651. The highest BCUT2D eigenvalue weighted by Gasteiger charge is 2.04. The molecule has 1 N–H and O–H groups in total. The number of fused-ring (bicyclic) bond motifs is 1. The molecule has 0 unspecified atom stereocenters. The van der Waals surface area contributed by atoms with E-state index < -0.39 is 0 Å². The van der Waals surface area contributed by atoms with Gasteiger partial charge >= 0.3 is 0 Å². The van der Waals surface area contributed by atoms with Gasteiger partial charge in [0.05, 0.1) is 26.0 Å². The summed E-state index contributed by atoms with van der Waals surface area (Å²) in [5.74, 6) is 0.901. The molecule has 2 heterocycles. The number of H-pyrrole nitrogens is 1. The van der Waals surface area contributed by atoms with Gasteiger partial charge in [0.2, 0.25) is 0 Å². The van der Waals surface area contributed by atoms with E-state index in [0.717, 1.165) is 36.0 Å². The normalized spacial score (nSPS) is 11.0. The van der Waals surface area contributed by atoms with E-state index in [4.69, 9.17) is 9.47 Å². The molecule has 0 atom stereocenters. The molecule has 0 saturated heterocycles. The molecule has 0 aliphatic carbocycles. The predicted molar refractivity (Wildman–Crippen MR) is 114 cm³/mol. The second kappa shape index (κ2) is 9.85. The van der Waals surface area contributed by atoms with Crippen molar-refractivity contribution in [3.8, 4) is 5.75 Å². The Kier molecular flexibility index (Phi) is 6.50. The number of nitrogens with one attached hydrogen (secondary N) is 1. The van der Waals surface area contributed by atoms with Crippen LogP contribution < -0.4 is 4.74 Å². The number of hydrogen-bond donors (Lipinski definition) is 1. The van der Waals surface area contributed by atoms with Crippen molar-refractivity contribution in [3.63, 3.8) is 0 Å². The summed E-state index contributed by atoms with van der Waals surface area (Å²) in [6.45, 7) is 2.00. The molecule has 5 nitrogen and oxygen atoms in total. The quantitative estimate of drug-likeness (QED) is 0.400. The number of ether oxygens (including phenoxy) is 2. The van der Waals surface area contributed by atoms with Crippen LogP contribution in [0.25, 0.3) is 11.0 Å². The number of rotatable bonds is 10. The summed E-state index contributed by atoms with van der Waals surface area (Å²) in [7, 11) is 0. The van der Waals surface area contributed by atoms with E-state index in [1.165, 1.54) is 16.7 Å². The molecular formula is C24H25N3O2. The smallest absolute Gasteiger partial charge is 0.155 e. The highest BCUT2D eigenvalue weighted by Crippen LogP contribution is 2.18. The number of aromatic amines is 1. The molecule has 29 heavy (non-hydrogen) atoms. The minimum atomic E-state index is 0.651. The Morgan fingerprint density at radius 3 is 2.55 bits per heavy atom. The van der Waals surface area contributed by atoms with Gasteiger partial charge in [-0.15, -0.1) is 0 Å². The molecule has 0 saturated carbocycles. The first-order chi connectivity index (χ1) is 14.4. The zero-order valence-electron chi connectivity index (χ0n) is 16.4. The molecule has 0 amide bonds. The number of benzene rings is 2. The third-order valence-electron chi connectivity index (χ3n) is 4.86. The summed E-state index contributed by atoms with van der Waals surface area (Å²) in [6, 6.07) is 20.6. The van der Waals surface area contributed by atoms with Crippen molar-refractivity contribution >= 4 is 11.0 Å². The van der Waals surface area contributed by atoms with Crippen LogP contribution in [0, 0.1) is 0 Å². The summed E-state index contributed by atoms with van der Waals surface area (Å²) in [6.07, 6.45) is 6.47. The van der Waals surface area contributed by atoms with Crippen LogP contribution in [-0.2, 0) is 24.2 Å². The van der Waals surface area contributed by atoms with E-state index >= 15 is 0 Å². The van der Waals surface area contributed by atoms with Gasteiger partial charge in [0.15, 0.2) is 5.65 Å². The van der Waals surface area contributed by atoms with E-state index in [1.54, 1.807) is 0 Å². The number of nitrogens with zero attached hydrogens (tertiary/aromatic N) is 2. The van der Waals surface area contributed by atoms with Gasteiger partial charge in [-0.25, -0.2) is 4.98 Å². The van der Waals surface area contributed by atoms with Crippen molar-refractivity contribution in [3.05, 3.63) is 89.7 Å². The first-order valence-corrected chi connectivity index (χ1v) is 9.99.